The molecule has 0 spiro atoms. The first kappa shape index (κ1) is 7.56. The summed E-state index contributed by atoms with van der Waals surface area (Å²) in [6.07, 6.45) is 7.24. The van der Waals surface area contributed by atoms with Crippen molar-refractivity contribution in [2.45, 2.75) is 38.3 Å². The van der Waals surface area contributed by atoms with Crippen LogP contribution in [0.2, 0.25) is 0 Å². The molecule has 3 rings (SSSR count). The maximum absolute atomic E-state index is 4.48. The van der Waals surface area contributed by atoms with Crippen LogP contribution >= 0.6 is 0 Å². The molecule has 3 nitrogen and oxygen atoms in total. The Labute approximate surface area is 78.2 Å². The Morgan fingerprint density at radius 1 is 1.46 bits per heavy atom. The van der Waals surface area contributed by atoms with Crippen molar-refractivity contribution in [3.05, 3.63) is 17.7 Å². The molecule has 0 bridgehead atoms. The number of nitrogens with zero attached hydrogens (tertiary/aromatic N) is 2. The maximum atomic E-state index is 4.48. The van der Waals surface area contributed by atoms with E-state index in [0.717, 1.165) is 25.6 Å². The molecular weight excluding hydrogens is 162 g/mol. The summed E-state index contributed by atoms with van der Waals surface area (Å²) in [5.74, 6) is 0. The van der Waals surface area contributed by atoms with Crippen LogP contribution in [0.5, 0.6) is 0 Å². The fraction of sp³-hybridized carbons (Fsp3) is 0.700. The average molecular weight is 177 g/mol. The van der Waals surface area contributed by atoms with Gasteiger partial charge in [-0.25, -0.2) is 4.98 Å². The number of rotatable bonds is 1. The molecule has 0 saturated heterocycles. The monoisotopic (exact) mass is 177 g/mol. The van der Waals surface area contributed by atoms with Crippen LogP contribution in [-0.2, 0) is 13.0 Å². The zero-order chi connectivity index (χ0) is 8.67. The second-order valence-electron chi connectivity index (χ2n) is 4.06. The minimum Gasteiger partial charge on any atom is -0.330 e. The van der Waals surface area contributed by atoms with Gasteiger partial charge in [-0.2, -0.15) is 0 Å². The van der Waals surface area contributed by atoms with Gasteiger partial charge >= 0.3 is 0 Å². The predicted octanol–water partition coefficient (Wildman–Crippen LogP) is 1.25. The summed E-state index contributed by atoms with van der Waals surface area (Å²) in [6.45, 7) is 2.11. The molecular formula is C10H15N3. The smallest absolute Gasteiger partial charge is 0.0954 e. The highest BCUT2D eigenvalue weighted by atomic mass is 15.1. The van der Waals surface area contributed by atoms with Gasteiger partial charge in [0.15, 0.2) is 0 Å². The van der Waals surface area contributed by atoms with Gasteiger partial charge in [0.2, 0.25) is 0 Å². The van der Waals surface area contributed by atoms with E-state index in [1.807, 2.05) is 6.33 Å². The van der Waals surface area contributed by atoms with E-state index < -0.39 is 0 Å². The van der Waals surface area contributed by atoms with E-state index in [1.54, 1.807) is 0 Å². The summed E-state index contributed by atoms with van der Waals surface area (Å²) < 4.78 is 2.39. The first-order chi connectivity index (χ1) is 6.45. The standard InChI is InChI=1S/C10H15N3/c1-2-8(3-1)13-7-12-9-4-5-11-6-10(9)13/h7-8,11H,1-6H2. The fourth-order valence-electron chi connectivity index (χ4n) is 2.22. The molecule has 1 N–H and O–H groups in total. The Morgan fingerprint density at radius 2 is 2.38 bits per heavy atom. The van der Waals surface area contributed by atoms with Crippen molar-refractivity contribution in [1.29, 1.82) is 0 Å². The van der Waals surface area contributed by atoms with Gasteiger partial charge in [0, 0.05) is 25.6 Å². The third-order valence-electron chi connectivity index (χ3n) is 3.28. The lowest BCUT2D eigenvalue weighted by Gasteiger charge is -2.29. The van der Waals surface area contributed by atoms with Crippen LogP contribution in [0, 0.1) is 0 Å². The van der Waals surface area contributed by atoms with E-state index in [1.165, 1.54) is 30.7 Å². The van der Waals surface area contributed by atoms with Crippen molar-refractivity contribution in [2.75, 3.05) is 6.54 Å². The van der Waals surface area contributed by atoms with E-state index in [2.05, 4.69) is 14.9 Å². The van der Waals surface area contributed by atoms with Gasteiger partial charge in [-0.3, -0.25) is 0 Å². The van der Waals surface area contributed by atoms with Gasteiger partial charge in [-0.15, -0.1) is 0 Å². The number of imidazole rings is 1. The Hall–Kier alpha value is -0.830. The lowest BCUT2D eigenvalue weighted by atomic mass is 9.92. The molecule has 1 aliphatic heterocycles. The molecule has 1 aromatic heterocycles. The van der Waals surface area contributed by atoms with Crippen molar-refractivity contribution in [3.63, 3.8) is 0 Å². The Kier molecular flexibility index (Phi) is 1.65. The molecule has 0 aromatic carbocycles. The molecule has 2 heterocycles. The molecule has 70 valence electrons. The highest BCUT2D eigenvalue weighted by Gasteiger charge is 2.24. The topological polar surface area (TPSA) is 29.9 Å². The summed E-state index contributed by atoms with van der Waals surface area (Å²) in [7, 11) is 0. The van der Waals surface area contributed by atoms with Crippen molar-refractivity contribution in [3.8, 4) is 0 Å². The van der Waals surface area contributed by atoms with Crippen molar-refractivity contribution < 1.29 is 0 Å². The number of hydrogen-bond donors (Lipinski definition) is 1. The number of fused-ring (bicyclic) bond motifs is 1. The van der Waals surface area contributed by atoms with E-state index in [-0.39, 0.29) is 0 Å². The van der Waals surface area contributed by atoms with Crippen molar-refractivity contribution in [1.82, 2.24) is 14.9 Å². The van der Waals surface area contributed by atoms with Gasteiger partial charge in [-0.05, 0) is 19.3 Å². The molecule has 0 radical (unpaired) electrons. The van der Waals surface area contributed by atoms with Crippen LogP contribution in [-0.4, -0.2) is 16.1 Å². The lowest BCUT2D eigenvalue weighted by molar-refractivity contribution is 0.304. The third kappa shape index (κ3) is 1.10. The molecule has 2 aliphatic rings. The Bertz CT molecular complexity index is 312. The van der Waals surface area contributed by atoms with Gasteiger partial charge in [0.25, 0.3) is 0 Å². The molecule has 1 aliphatic carbocycles. The van der Waals surface area contributed by atoms with Gasteiger partial charge in [-0.1, -0.05) is 0 Å². The van der Waals surface area contributed by atoms with Crippen LogP contribution in [0.3, 0.4) is 0 Å². The third-order valence-corrected chi connectivity index (χ3v) is 3.28. The van der Waals surface area contributed by atoms with Crippen molar-refractivity contribution >= 4 is 0 Å². The zero-order valence-electron chi connectivity index (χ0n) is 7.79. The predicted molar refractivity (Wildman–Crippen MR) is 50.5 cm³/mol. The lowest BCUT2D eigenvalue weighted by Crippen LogP contribution is -2.27. The summed E-state index contributed by atoms with van der Waals surface area (Å²) >= 11 is 0. The highest BCUT2D eigenvalue weighted by molar-refractivity contribution is 5.17. The fourth-order valence-corrected chi connectivity index (χ4v) is 2.22. The quantitative estimate of drug-likeness (QED) is 0.699. The highest BCUT2D eigenvalue weighted by Crippen LogP contribution is 2.33. The Morgan fingerprint density at radius 3 is 3.15 bits per heavy atom. The SMILES string of the molecule is c1nc2c(n1C1CCC1)CNCC2. The van der Waals surface area contributed by atoms with Crippen LogP contribution in [0.25, 0.3) is 0 Å². The van der Waals surface area contributed by atoms with Crippen LogP contribution in [0.15, 0.2) is 6.33 Å². The Balaban J connectivity index is 1.95. The molecule has 3 heteroatoms. The normalized spacial score (nSPS) is 22.5. The maximum Gasteiger partial charge on any atom is 0.0954 e. The summed E-state index contributed by atoms with van der Waals surface area (Å²) in [6, 6.07) is 0.760. The molecule has 0 unspecified atom stereocenters. The average Bonchev–Trinajstić information content (AvgIpc) is 2.47. The minimum atomic E-state index is 0.760. The van der Waals surface area contributed by atoms with Crippen LogP contribution < -0.4 is 5.32 Å². The minimum absolute atomic E-state index is 0.760. The van der Waals surface area contributed by atoms with E-state index in [9.17, 15) is 0 Å². The van der Waals surface area contributed by atoms with Crippen molar-refractivity contribution in [2.24, 2.45) is 0 Å². The summed E-state index contributed by atoms with van der Waals surface area (Å²) in [4.78, 5) is 4.48. The summed E-state index contributed by atoms with van der Waals surface area (Å²) in [5, 5.41) is 3.41. The number of aromatic nitrogens is 2. The van der Waals surface area contributed by atoms with Gasteiger partial charge in [0.1, 0.15) is 0 Å². The zero-order valence-corrected chi connectivity index (χ0v) is 7.79. The molecule has 0 amide bonds. The first-order valence-electron chi connectivity index (χ1n) is 5.20. The summed E-state index contributed by atoms with van der Waals surface area (Å²) in [5.41, 5.74) is 2.77. The number of nitrogens with one attached hydrogen (secondary N) is 1. The molecule has 1 aromatic rings. The largest absolute Gasteiger partial charge is 0.330 e. The van der Waals surface area contributed by atoms with Gasteiger partial charge in [0.05, 0.1) is 17.7 Å². The van der Waals surface area contributed by atoms with Crippen LogP contribution in [0.4, 0.5) is 0 Å². The second-order valence-corrected chi connectivity index (χ2v) is 4.06. The molecule has 1 fully saturated rings. The van der Waals surface area contributed by atoms with Crippen LogP contribution in [0.1, 0.15) is 36.7 Å². The van der Waals surface area contributed by atoms with E-state index in [0.29, 0.717) is 0 Å². The first-order valence-corrected chi connectivity index (χ1v) is 5.20. The molecule has 13 heavy (non-hydrogen) atoms. The van der Waals surface area contributed by atoms with E-state index in [4.69, 9.17) is 0 Å². The molecule has 1 saturated carbocycles. The van der Waals surface area contributed by atoms with Gasteiger partial charge < -0.3 is 9.88 Å². The second kappa shape index (κ2) is 2.84. The van der Waals surface area contributed by atoms with E-state index >= 15 is 0 Å². The number of hydrogen-bond acceptors (Lipinski definition) is 2. The molecule has 0 atom stereocenters.